The molecule has 0 amide bonds. The Hall–Kier alpha value is -2.04. The number of ketones is 1. The third-order valence-electron chi connectivity index (χ3n) is 2.58. The van der Waals surface area contributed by atoms with E-state index in [0.29, 0.717) is 5.56 Å². The standard InChI is InChI=1S/C13H9F3O2/c1-18-10-7-8-5-3-2-4-6-9(8)11(10)12(17)13(14,15)16/h2-7H,1H3. The van der Waals surface area contributed by atoms with E-state index in [0.717, 1.165) is 0 Å². The van der Waals surface area contributed by atoms with Crippen molar-refractivity contribution in [2.45, 2.75) is 6.18 Å². The summed E-state index contributed by atoms with van der Waals surface area (Å²) in [5.41, 5.74) is 0.333. The fourth-order valence-electron chi connectivity index (χ4n) is 1.80. The van der Waals surface area contributed by atoms with E-state index in [1.54, 1.807) is 24.3 Å². The number of halogens is 3. The molecule has 94 valence electrons. The summed E-state index contributed by atoms with van der Waals surface area (Å²) in [6.45, 7) is 0. The minimum atomic E-state index is -4.91. The van der Waals surface area contributed by atoms with Gasteiger partial charge in [0, 0.05) is 0 Å². The van der Waals surface area contributed by atoms with Crippen molar-refractivity contribution in [3.63, 3.8) is 0 Å². The third-order valence-corrected chi connectivity index (χ3v) is 2.58. The number of fused-ring (bicyclic) bond motifs is 1. The van der Waals surface area contributed by atoms with Gasteiger partial charge in [0.2, 0.25) is 0 Å². The van der Waals surface area contributed by atoms with Crippen LogP contribution >= 0.6 is 0 Å². The molecule has 0 aliphatic heterocycles. The number of carbonyl (C=O) groups excluding carboxylic acids is 1. The molecular weight excluding hydrogens is 245 g/mol. The van der Waals surface area contributed by atoms with Gasteiger partial charge in [-0.1, -0.05) is 30.3 Å². The molecule has 0 radical (unpaired) electrons. The summed E-state index contributed by atoms with van der Waals surface area (Å²) in [5, 5.41) is 0. The van der Waals surface area contributed by atoms with E-state index in [2.05, 4.69) is 0 Å². The van der Waals surface area contributed by atoms with Crippen molar-refractivity contribution in [3.05, 3.63) is 42.0 Å². The van der Waals surface area contributed by atoms with Crippen molar-refractivity contribution in [1.82, 2.24) is 0 Å². The van der Waals surface area contributed by atoms with Gasteiger partial charge in [0.15, 0.2) is 0 Å². The van der Waals surface area contributed by atoms with Crippen LogP contribution in [-0.2, 0) is 0 Å². The van der Waals surface area contributed by atoms with Gasteiger partial charge in [0.25, 0.3) is 5.78 Å². The maximum Gasteiger partial charge on any atom is 0.455 e. The van der Waals surface area contributed by atoms with Crippen LogP contribution in [0, 0.1) is 0 Å². The lowest BCUT2D eigenvalue weighted by Crippen LogP contribution is -2.23. The fraction of sp³-hybridized carbons (Fsp3) is 0.154. The number of hydrogen-bond donors (Lipinski definition) is 0. The third kappa shape index (κ3) is 2.03. The first-order chi connectivity index (χ1) is 8.45. The van der Waals surface area contributed by atoms with Crippen LogP contribution in [0.5, 0.6) is 5.75 Å². The van der Waals surface area contributed by atoms with Crippen LogP contribution in [0.1, 0.15) is 10.4 Å². The van der Waals surface area contributed by atoms with E-state index in [-0.39, 0.29) is 11.3 Å². The van der Waals surface area contributed by atoms with Gasteiger partial charge >= 0.3 is 6.18 Å². The molecule has 0 aromatic carbocycles. The summed E-state index contributed by atoms with van der Waals surface area (Å²) in [6, 6.07) is 9.46. The minimum absolute atomic E-state index is 0.0569. The first kappa shape index (κ1) is 12.4. The largest absolute Gasteiger partial charge is 0.496 e. The summed E-state index contributed by atoms with van der Waals surface area (Å²) < 4.78 is 42.5. The molecule has 0 aromatic heterocycles. The summed E-state index contributed by atoms with van der Waals surface area (Å²) in [4.78, 5) is 11.4. The highest BCUT2D eigenvalue weighted by molar-refractivity contribution is 6.09. The van der Waals surface area contributed by atoms with E-state index < -0.39 is 17.5 Å². The highest BCUT2D eigenvalue weighted by Crippen LogP contribution is 2.39. The zero-order chi connectivity index (χ0) is 13.3. The van der Waals surface area contributed by atoms with E-state index >= 15 is 0 Å². The average molecular weight is 254 g/mol. The highest BCUT2D eigenvalue weighted by atomic mass is 19.4. The molecule has 2 rings (SSSR count). The lowest BCUT2D eigenvalue weighted by Gasteiger charge is -2.07. The zero-order valence-electron chi connectivity index (χ0n) is 9.41. The topological polar surface area (TPSA) is 26.3 Å². The zero-order valence-corrected chi connectivity index (χ0v) is 9.41. The average Bonchev–Trinajstić information content (AvgIpc) is 2.48. The van der Waals surface area contributed by atoms with E-state index in [4.69, 9.17) is 4.74 Å². The second-order valence-electron chi connectivity index (χ2n) is 3.69. The quantitative estimate of drug-likeness (QED) is 0.766. The van der Waals surface area contributed by atoms with E-state index in [9.17, 15) is 18.0 Å². The maximum atomic E-state index is 12.5. The normalized spacial score (nSPS) is 11.6. The molecular formula is C13H9F3O2. The molecule has 0 aromatic rings. The van der Waals surface area contributed by atoms with Gasteiger partial charge in [-0.2, -0.15) is 13.2 Å². The minimum Gasteiger partial charge on any atom is -0.496 e. The van der Waals surface area contributed by atoms with Crippen LogP contribution in [0.4, 0.5) is 13.2 Å². The molecule has 0 spiro atoms. The van der Waals surface area contributed by atoms with Crippen LogP contribution in [0.3, 0.4) is 0 Å². The number of hydrogen-bond acceptors (Lipinski definition) is 2. The predicted octanol–water partition coefficient (Wildman–Crippen LogP) is 3.55. The van der Waals surface area contributed by atoms with Crippen molar-refractivity contribution < 1.29 is 22.7 Å². The Morgan fingerprint density at radius 3 is 2.44 bits per heavy atom. The Labute approximate surface area is 101 Å². The van der Waals surface area contributed by atoms with Gasteiger partial charge in [-0.05, 0) is 17.2 Å². The fourth-order valence-corrected chi connectivity index (χ4v) is 1.80. The molecule has 18 heavy (non-hydrogen) atoms. The first-order valence-electron chi connectivity index (χ1n) is 5.12. The summed E-state index contributed by atoms with van der Waals surface area (Å²) >= 11 is 0. The summed E-state index contributed by atoms with van der Waals surface area (Å²) in [5.74, 6) is -1.95. The summed E-state index contributed by atoms with van der Waals surface area (Å²) in [6.07, 6.45) is -4.91. The van der Waals surface area contributed by atoms with Crippen LogP contribution in [0.15, 0.2) is 36.4 Å². The molecule has 5 heteroatoms. The molecule has 2 aliphatic carbocycles. The molecule has 0 bridgehead atoms. The van der Waals surface area contributed by atoms with Crippen LogP contribution in [-0.4, -0.2) is 19.1 Å². The van der Waals surface area contributed by atoms with Crippen molar-refractivity contribution in [3.8, 4) is 16.9 Å². The first-order valence-corrected chi connectivity index (χ1v) is 5.12. The molecule has 2 aliphatic rings. The van der Waals surface area contributed by atoms with E-state index in [1.807, 2.05) is 0 Å². The number of methoxy groups -OCH3 is 1. The Balaban J connectivity index is 2.68. The van der Waals surface area contributed by atoms with Crippen molar-refractivity contribution in [2.75, 3.05) is 7.11 Å². The van der Waals surface area contributed by atoms with Gasteiger partial charge < -0.3 is 4.74 Å². The lowest BCUT2D eigenvalue weighted by atomic mass is 10.1. The molecule has 0 N–H and O–H groups in total. The maximum absolute atomic E-state index is 12.5. The highest BCUT2D eigenvalue weighted by Gasteiger charge is 2.42. The monoisotopic (exact) mass is 254 g/mol. The summed E-state index contributed by atoms with van der Waals surface area (Å²) in [7, 11) is 1.24. The van der Waals surface area contributed by atoms with Gasteiger partial charge in [0.1, 0.15) is 5.75 Å². The molecule has 0 saturated heterocycles. The van der Waals surface area contributed by atoms with Crippen LogP contribution in [0.2, 0.25) is 0 Å². The van der Waals surface area contributed by atoms with Crippen molar-refractivity contribution in [1.29, 1.82) is 0 Å². The Morgan fingerprint density at radius 1 is 1.17 bits per heavy atom. The second-order valence-corrected chi connectivity index (χ2v) is 3.69. The number of rotatable bonds is 2. The Bertz CT molecular complexity index is 561. The molecule has 0 fully saturated rings. The lowest BCUT2D eigenvalue weighted by molar-refractivity contribution is -0.0885. The number of ether oxygens (including phenoxy) is 1. The van der Waals surface area contributed by atoms with Gasteiger partial charge in [-0.15, -0.1) is 0 Å². The van der Waals surface area contributed by atoms with Gasteiger partial charge in [-0.25, -0.2) is 0 Å². The van der Waals surface area contributed by atoms with Crippen molar-refractivity contribution >= 4 is 5.78 Å². The second kappa shape index (κ2) is 4.33. The Kier molecular flexibility index (Phi) is 2.98. The molecule has 0 heterocycles. The van der Waals surface area contributed by atoms with Gasteiger partial charge in [0.05, 0.1) is 12.7 Å². The molecule has 0 atom stereocenters. The number of alkyl halides is 3. The van der Waals surface area contributed by atoms with Crippen LogP contribution in [0.25, 0.3) is 11.1 Å². The molecule has 2 nitrogen and oxygen atoms in total. The predicted molar refractivity (Wildman–Crippen MR) is 60.0 cm³/mol. The molecule has 0 saturated carbocycles. The smallest absolute Gasteiger partial charge is 0.455 e. The van der Waals surface area contributed by atoms with Crippen LogP contribution < -0.4 is 4.74 Å². The van der Waals surface area contributed by atoms with Crippen molar-refractivity contribution in [2.24, 2.45) is 0 Å². The van der Waals surface area contributed by atoms with E-state index in [1.165, 1.54) is 19.2 Å². The number of carbonyl (C=O) groups is 1. The van der Waals surface area contributed by atoms with Gasteiger partial charge in [-0.3, -0.25) is 4.79 Å². The SMILES string of the molecule is COc1cc2cccccc-2c1C(=O)C(F)(F)F. The molecule has 0 unspecified atom stereocenters. The Morgan fingerprint density at radius 2 is 1.83 bits per heavy atom. The number of Topliss-reactive ketones (excluding diaryl/α,β-unsaturated/α-hetero) is 1.